The normalized spacial score (nSPS) is 16.8. The molecule has 2 nitrogen and oxygen atoms in total. The second-order valence-corrected chi connectivity index (χ2v) is 20.4. The predicted molar refractivity (Wildman–Crippen MR) is 265 cm³/mol. The van der Waals surface area contributed by atoms with Crippen molar-refractivity contribution in [2.24, 2.45) is 0 Å². The Balaban J connectivity index is 1.20. The monoisotopic (exact) mass is 818 g/mol. The second-order valence-electron chi connectivity index (χ2n) is 19.3. The molecule has 2 aliphatic heterocycles. The van der Waals surface area contributed by atoms with Gasteiger partial charge in [0.1, 0.15) is 0 Å². The van der Waals surface area contributed by atoms with E-state index < -0.39 is 0 Å². The molecule has 1 aliphatic carbocycles. The van der Waals surface area contributed by atoms with Gasteiger partial charge in [0.25, 0.3) is 0 Å². The van der Waals surface area contributed by atoms with E-state index in [1.165, 1.54) is 128 Å². The number of hydrogen-bond acceptors (Lipinski definition) is 3. The number of nitrogens with zero attached hydrogens (tertiary/aromatic N) is 2. The molecule has 0 saturated heterocycles. The molecule has 0 N–H and O–H groups in total. The third-order valence-electron chi connectivity index (χ3n) is 14.5. The molecule has 1 unspecified atom stereocenters. The Kier molecular flexibility index (Phi) is 8.16. The van der Waals surface area contributed by atoms with Crippen molar-refractivity contribution in [1.82, 2.24) is 0 Å². The number of rotatable bonds is 4. The summed E-state index contributed by atoms with van der Waals surface area (Å²) in [4.78, 5) is 5.26. The SMILES string of the molecule is Cc1cc2c3c(c1)N(c1cccc4sc5ccccc5c14)c1ccc(-c4ccccc4)cc1C3c1cc3c(cc1N2c1ccc(-c2ccccc2)cc1C)C(C)(C)CCC3(C)C. The number of benzene rings is 8. The highest BCUT2D eigenvalue weighted by Gasteiger charge is 2.45. The first-order valence-electron chi connectivity index (χ1n) is 22.3. The first-order valence-corrected chi connectivity index (χ1v) is 23.1. The molecule has 12 rings (SSSR count). The Morgan fingerprint density at radius 1 is 0.452 bits per heavy atom. The molecular formula is C59H50N2S. The zero-order valence-corrected chi connectivity index (χ0v) is 37.2. The van der Waals surface area contributed by atoms with Crippen molar-refractivity contribution < 1.29 is 0 Å². The summed E-state index contributed by atoms with van der Waals surface area (Å²) in [7, 11) is 0. The average Bonchev–Trinajstić information content (AvgIpc) is 3.67. The molecule has 0 spiro atoms. The summed E-state index contributed by atoms with van der Waals surface area (Å²) in [5, 5.41) is 2.63. The minimum absolute atomic E-state index is 0.0234. The molecule has 0 amide bonds. The Bertz CT molecular complexity index is 3280. The summed E-state index contributed by atoms with van der Waals surface area (Å²) in [6.07, 6.45) is 2.34. The van der Waals surface area contributed by atoms with E-state index in [-0.39, 0.29) is 16.7 Å². The fourth-order valence-electron chi connectivity index (χ4n) is 11.2. The van der Waals surface area contributed by atoms with Gasteiger partial charge in [-0.05, 0) is 154 Å². The van der Waals surface area contributed by atoms with E-state index >= 15 is 0 Å². The smallest absolute Gasteiger partial charge is 0.0555 e. The van der Waals surface area contributed by atoms with E-state index in [0.717, 1.165) is 0 Å². The molecule has 302 valence electrons. The lowest BCUT2D eigenvalue weighted by molar-refractivity contribution is 0.331. The van der Waals surface area contributed by atoms with Gasteiger partial charge in [0.05, 0.1) is 28.4 Å². The van der Waals surface area contributed by atoms with Crippen molar-refractivity contribution in [1.29, 1.82) is 0 Å². The quantitative estimate of drug-likeness (QED) is 0.175. The number of aryl methyl sites for hydroxylation is 2. The highest BCUT2D eigenvalue weighted by Crippen LogP contribution is 2.63. The number of hydrogen-bond donors (Lipinski definition) is 0. The van der Waals surface area contributed by atoms with E-state index in [1.807, 2.05) is 11.3 Å². The Labute approximate surface area is 369 Å². The molecular weight excluding hydrogens is 769 g/mol. The molecule has 8 aromatic carbocycles. The highest BCUT2D eigenvalue weighted by atomic mass is 32.1. The van der Waals surface area contributed by atoms with Crippen LogP contribution >= 0.6 is 11.3 Å². The minimum Gasteiger partial charge on any atom is -0.310 e. The number of anilines is 6. The lowest BCUT2D eigenvalue weighted by Crippen LogP contribution is -2.36. The maximum absolute atomic E-state index is 2.66. The number of fused-ring (bicyclic) bond motifs is 8. The maximum Gasteiger partial charge on any atom is 0.0555 e. The van der Waals surface area contributed by atoms with Crippen LogP contribution in [0.4, 0.5) is 34.1 Å². The third kappa shape index (κ3) is 5.54. The van der Waals surface area contributed by atoms with Gasteiger partial charge in [-0.25, -0.2) is 0 Å². The summed E-state index contributed by atoms with van der Waals surface area (Å²) in [6.45, 7) is 14.5. The van der Waals surface area contributed by atoms with Crippen molar-refractivity contribution in [3.8, 4) is 22.3 Å². The van der Waals surface area contributed by atoms with E-state index in [2.05, 4.69) is 215 Å². The standard InChI is InChI=1S/C59H50N2S/c1-36-30-51-57-52(31-36)61(49-21-15-23-54-56(49)42-20-13-14-22-53(42)62-54)48-27-25-41(39-18-11-8-12-19-39)33-43(48)55(57)44-34-45-46(59(5,6)29-28-58(45,3)4)35-50(44)60(51)47-26-24-40(32-37(47)2)38-16-9-7-10-17-38/h7-27,30-35,55H,28-29H2,1-6H3. The predicted octanol–water partition coefficient (Wildman–Crippen LogP) is 17.1. The van der Waals surface area contributed by atoms with Crippen LogP contribution in [0.3, 0.4) is 0 Å². The van der Waals surface area contributed by atoms with Crippen LogP contribution in [-0.2, 0) is 10.8 Å². The Morgan fingerprint density at radius 3 is 1.69 bits per heavy atom. The minimum atomic E-state index is 0.0234. The largest absolute Gasteiger partial charge is 0.310 e. The van der Waals surface area contributed by atoms with Crippen LogP contribution in [0.15, 0.2) is 164 Å². The van der Waals surface area contributed by atoms with Gasteiger partial charge in [0.2, 0.25) is 0 Å². The van der Waals surface area contributed by atoms with Gasteiger partial charge in [-0.2, -0.15) is 0 Å². The van der Waals surface area contributed by atoms with Crippen molar-refractivity contribution >= 4 is 65.6 Å². The molecule has 3 aliphatic rings. The second kappa shape index (κ2) is 13.5. The summed E-state index contributed by atoms with van der Waals surface area (Å²) in [5.41, 5.74) is 22.2. The van der Waals surface area contributed by atoms with Gasteiger partial charge >= 0.3 is 0 Å². The summed E-state index contributed by atoms with van der Waals surface area (Å²) in [6, 6.07) is 62.2. The van der Waals surface area contributed by atoms with E-state index in [9.17, 15) is 0 Å². The van der Waals surface area contributed by atoms with Gasteiger partial charge in [0, 0.05) is 37.3 Å². The molecule has 0 fully saturated rings. The fraction of sp³-hybridized carbons (Fsp3) is 0.186. The first kappa shape index (κ1) is 37.4. The molecule has 62 heavy (non-hydrogen) atoms. The van der Waals surface area contributed by atoms with Crippen molar-refractivity contribution in [3.63, 3.8) is 0 Å². The van der Waals surface area contributed by atoms with Gasteiger partial charge in [-0.3, -0.25) is 0 Å². The van der Waals surface area contributed by atoms with Gasteiger partial charge < -0.3 is 9.80 Å². The van der Waals surface area contributed by atoms with E-state index in [0.29, 0.717) is 0 Å². The molecule has 1 aromatic heterocycles. The van der Waals surface area contributed by atoms with Crippen molar-refractivity contribution in [3.05, 3.63) is 203 Å². The topological polar surface area (TPSA) is 6.48 Å². The van der Waals surface area contributed by atoms with E-state index in [1.54, 1.807) is 0 Å². The molecule has 0 radical (unpaired) electrons. The van der Waals surface area contributed by atoms with Crippen molar-refractivity contribution in [2.45, 2.75) is 71.1 Å². The van der Waals surface area contributed by atoms with Crippen LogP contribution in [0, 0.1) is 13.8 Å². The van der Waals surface area contributed by atoms with Gasteiger partial charge in [0.15, 0.2) is 0 Å². The van der Waals surface area contributed by atoms with Gasteiger partial charge in [-0.1, -0.05) is 131 Å². The zero-order chi connectivity index (χ0) is 42.1. The highest BCUT2D eigenvalue weighted by molar-refractivity contribution is 7.26. The van der Waals surface area contributed by atoms with E-state index in [4.69, 9.17) is 0 Å². The van der Waals surface area contributed by atoms with Crippen LogP contribution < -0.4 is 9.80 Å². The number of thiophene rings is 1. The van der Waals surface area contributed by atoms with Crippen LogP contribution in [0.5, 0.6) is 0 Å². The summed E-state index contributed by atoms with van der Waals surface area (Å²) >= 11 is 1.89. The summed E-state index contributed by atoms with van der Waals surface area (Å²) < 4.78 is 2.63. The average molecular weight is 819 g/mol. The molecule has 0 saturated carbocycles. The summed E-state index contributed by atoms with van der Waals surface area (Å²) in [5.74, 6) is 0.0234. The molecule has 3 heteroatoms. The van der Waals surface area contributed by atoms with Crippen LogP contribution in [0.2, 0.25) is 0 Å². The lowest BCUT2D eigenvalue weighted by Gasteiger charge is -2.48. The molecule has 3 heterocycles. The van der Waals surface area contributed by atoms with Crippen LogP contribution in [0.25, 0.3) is 42.4 Å². The molecule has 0 bridgehead atoms. The molecule has 9 aromatic rings. The van der Waals surface area contributed by atoms with Crippen LogP contribution in [-0.4, -0.2) is 0 Å². The van der Waals surface area contributed by atoms with Crippen molar-refractivity contribution in [2.75, 3.05) is 9.80 Å². The zero-order valence-electron chi connectivity index (χ0n) is 36.4. The first-order chi connectivity index (χ1) is 30.1. The van der Waals surface area contributed by atoms with Crippen LogP contribution in [0.1, 0.15) is 85.4 Å². The Morgan fingerprint density at radius 2 is 1.02 bits per heavy atom. The third-order valence-corrected chi connectivity index (χ3v) is 15.6. The molecule has 1 atom stereocenters. The fourth-order valence-corrected chi connectivity index (χ4v) is 12.3. The Hall–Kier alpha value is -6.42. The lowest BCUT2D eigenvalue weighted by atomic mass is 9.61. The van der Waals surface area contributed by atoms with Gasteiger partial charge in [-0.15, -0.1) is 11.3 Å². The maximum atomic E-state index is 2.66.